The normalized spacial score (nSPS) is 14.9. The number of rotatable bonds is 3. The lowest BCUT2D eigenvalue weighted by molar-refractivity contribution is -0.117. The highest BCUT2D eigenvalue weighted by Gasteiger charge is 2.28. The van der Waals surface area contributed by atoms with Crippen molar-refractivity contribution in [2.75, 3.05) is 11.4 Å². The average Bonchev–Trinajstić information content (AvgIpc) is 2.92. The number of para-hydroxylation sites is 1. The van der Waals surface area contributed by atoms with Crippen LogP contribution in [0.2, 0.25) is 5.02 Å². The summed E-state index contributed by atoms with van der Waals surface area (Å²) >= 11 is 7.68. The summed E-state index contributed by atoms with van der Waals surface area (Å²) in [5.74, 6) is 0.143. The number of anilines is 1. The lowest BCUT2D eigenvalue weighted by Gasteiger charge is -2.21. The molecule has 0 N–H and O–H groups in total. The van der Waals surface area contributed by atoms with Crippen molar-refractivity contribution in [3.05, 3.63) is 59.1 Å². The molecule has 1 atom stereocenters. The van der Waals surface area contributed by atoms with Gasteiger partial charge in [-0.05, 0) is 37.1 Å². The summed E-state index contributed by atoms with van der Waals surface area (Å²) in [6.07, 6.45) is 0.936. The average molecular weight is 318 g/mol. The van der Waals surface area contributed by atoms with E-state index in [-0.39, 0.29) is 11.2 Å². The van der Waals surface area contributed by atoms with Crippen LogP contribution < -0.4 is 4.90 Å². The monoisotopic (exact) mass is 317 g/mol. The number of nitrogens with zero attached hydrogens (tertiary/aromatic N) is 1. The third kappa shape index (κ3) is 2.94. The fourth-order valence-corrected chi connectivity index (χ4v) is 3.78. The molecule has 108 valence electrons. The molecular weight excluding hydrogens is 302 g/mol. The van der Waals surface area contributed by atoms with Crippen molar-refractivity contribution >= 4 is 35.0 Å². The number of thioether (sulfide) groups is 1. The molecule has 0 saturated carbocycles. The number of fused-ring (bicyclic) bond motifs is 1. The maximum absolute atomic E-state index is 12.7. The highest BCUT2D eigenvalue weighted by molar-refractivity contribution is 8.00. The highest BCUT2D eigenvalue weighted by Crippen LogP contribution is 2.34. The van der Waals surface area contributed by atoms with Gasteiger partial charge < -0.3 is 4.90 Å². The van der Waals surface area contributed by atoms with Gasteiger partial charge in [0.15, 0.2) is 0 Å². The minimum atomic E-state index is -0.156. The van der Waals surface area contributed by atoms with E-state index < -0.39 is 0 Å². The predicted octanol–water partition coefficient (Wildman–Crippen LogP) is 4.41. The Labute approximate surface area is 134 Å². The molecule has 0 aromatic heterocycles. The molecule has 0 aliphatic carbocycles. The summed E-state index contributed by atoms with van der Waals surface area (Å²) in [6.45, 7) is 2.71. The van der Waals surface area contributed by atoms with Crippen LogP contribution in [0.3, 0.4) is 0 Å². The first-order valence-electron chi connectivity index (χ1n) is 6.97. The molecule has 21 heavy (non-hydrogen) atoms. The minimum absolute atomic E-state index is 0.143. The Morgan fingerprint density at radius 2 is 1.90 bits per heavy atom. The van der Waals surface area contributed by atoms with E-state index in [0.717, 1.165) is 23.5 Å². The van der Waals surface area contributed by atoms with Crippen LogP contribution in [0.1, 0.15) is 12.5 Å². The van der Waals surface area contributed by atoms with E-state index in [2.05, 4.69) is 6.07 Å². The molecule has 0 bridgehead atoms. The van der Waals surface area contributed by atoms with E-state index in [1.165, 1.54) is 17.3 Å². The van der Waals surface area contributed by atoms with Crippen LogP contribution in [-0.2, 0) is 11.2 Å². The van der Waals surface area contributed by atoms with Crippen LogP contribution in [0, 0.1) is 0 Å². The molecule has 2 aromatic rings. The lowest BCUT2D eigenvalue weighted by atomic mass is 10.2. The first-order chi connectivity index (χ1) is 10.2. The van der Waals surface area contributed by atoms with Crippen LogP contribution >= 0.6 is 23.4 Å². The summed E-state index contributed by atoms with van der Waals surface area (Å²) in [6, 6.07) is 15.8. The quantitative estimate of drug-likeness (QED) is 0.782. The topological polar surface area (TPSA) is 20.3 Å². The third-order valence-electron chi connectivity index (χ3n) is 3.64. The molecule has 0 spiro atoms. The third-order valence-corrected chi connectivity index (χ3v) is 5.25. The van der Waals surface area contributed by atoms with Crippen LogP contribution in [0.15, 0.2) is 53.4 Å². The van der Waals surface area contributed by atoms with Crippen molar-refractivity contribution in [3.8, 4) is 0 Å². The van der Waals surface area contributed by atoms with Crippen LogP contribution in [0.5, 0.6) is 0 Å². The minimum Gasteiger partial charge on any atom is -0.311 e. The summed E-state index contributed by atoms with van der Waals surface area (Å²) in [5.41, 5.74) is 2.30. The van der Waals surface area contributed by atoms with E-state index in [0.29, 0.717) is 5.02 Å². The maximum Gasteiger partial charge on any atom is 0.240 e. The molecule has 1 amide bonds. The van der Waals surface area contributed by atoms with Gasteiger partial charge in [-0.15, -0.1) is 11.8 Å². The smallest absolute Gasteiger partial charge is 0.240 e. The Bertz CT molecular complexity index is 673. The predicted molar refractivity (Wildman–Crippen MR) is 89.3 cm³/mol. The number of benzene rings is 2. The number of halogens is 1. The lowest BCUT2D eigenvalue weighted by Crippen LogP contribution is -2.35. The van der Waals surface area contributed by atoms with Crippen LogP contribution in [0.4, 0.5) is 5.69 Å². The van der Waals surface area contributed by atoms with Gasteiger partial charge in [0, 0.05) is 17.1 Å². The maximum atomic E-state index is 12.7. The second-order valence-electron chi connectivity index (χ2n) is 5.06. The van der Waals surface area contributed by atoms with Crippen LogP contribution in [0.25, 0.3) is 0 Å². The Balaban J connectivity index is 1.76. The second-order valence-corrected chi connectivity index (χ2v) is 6.85. The van der Waals surface area contributed by atoms with Crippen LogP contribution in [-0.4, -0.2) is 17.7 Å². The summed E-state index contributed by atoms with van der Waals surface area (Å²) in [7, 11) is 0. The van der Waals surface area contributed by atoms with Gasteiger partial charge in [0.2, 0.25) is 5.91 Å². The van der Waals surface area contributed by atoms with Gasteiger partial charge >= 0.3 is 0 Å². The van der Waals surface area contributed by atoms with Crippen molar-refractivity contribution in [1.29, 1.82) is 0 Å². The Hall–Kier alpha value is -1.45. The molecule has 2 nitrogen and oxygen atoms in total. The fraction of sp³-hybridized carbons (Fsp3) is 0.235. The Morgan fingerprint density at radius 1 is 1.19 bits per heavy atom. The molecule has 0 radical (unpaired) electrons. The molecule has 2 aromatic carbocycles. The molecule has 3 rings (SSSR count). The highest BCUT2D eigenvalue weighted by atomic mass is 35.5. The zero-order valence-corrected chi connectivity index (χ0v) is 13.3. The summed E-state index contributed by atoms with van der Waals surface area (Å²) < 4.78 is 0. The van der Waals surface area contributed by atoms with E-state index in [4.69, 9.17) is 11.6 Å². The number of amides is 1. The van der Waals surface area contributed by atoms with Gasteiger partial charge in [-0.25, -0.2) is 0 Å². The van der Waals surface area contributed by atoms with Gasteiger partial charge in [0.05, 0.1) is 10.3 Å². The number of carbonyl (C=O) groups excluding carboxylic acids is 1. The van der Waals surface area contributed by atoms with Crippen molar-refractivity contribution in [2.45, 2.75) is 23.5 Å². The first kappa shape index (κ1) is 14.5. The Morgan fingerprint density at radius 3 is 2.71 bits per heavy atom. The number of carbonyl (C=O) groups is 1. The summed E-state index contributed by atoms with van der Waals surface area (Å²) in [4.78, 5) is 15.5. The number of hydrogen-bond donors (Lipinski definition) is 0. The molecule has 0 fully saturated rings. The van der Waals surface area contributed by atoms with Crippen molar-refractivity contribution < 1.29 is 4.79 Å². The second kappa shape index (κ2) is 6.12. The molecule has 1 heterocycles. The summed E-state index contributed by atoms with van der Waals surface area (Å²) in [5, 5.41) is 0.542. The SMILES string of the molecule is CC(Sc1ccccc1Cl)C(=O)N1CCc2ccccc21. The van der Waals surface area contributed by atoms with E-state index in [9.17, 15) is 4.79 Å². The van der Waals surface area contributed by atoms with Crippen molar-refractivity contribution in [2.24, 2.45) is 0 Å². The molecule has 0 saturated heterocycles. The van der Waals surface area contributed by atoms with E-state index >= 15 is 0 Å². The molecule has 1 aliphatic heterocycles. The largest absolute Gasteiger partial charge is 0.311 e. The molecular formula is C17H16ClNOS. The van der Waals surface area contributed by atoms with E-state index in [1.807, 2.05) is 54.3 Å². The molecule has 1 aliphatic rings. The van der Waals surface area contributed by atoms with Crippen molar-refractivity contribution in [1.82, 2.24) is 0 Å². The van der Waals surface area contributed by atoms with Crippen molar-refractivity contribution in [3.63, 3.8) is 0 Å². The van der Waals surface area contributed by atoms with E-state index in [1.54, 1.807) is 0 Å². The number of hydrogen-bond acceptors (Lipinski definition) is 2. The van der Waals surface area contributed by atoms with Gasteiger partial charge in [-0.1, -0.05) is 41.9 Å². The first-order valence-corrected chi connectivity index (χ1v) is 8.23. The zero-order valence-electron chi connectivity index (χ0n) is 11.8. The zero-order chi connectivity index (χ0) is 14.8. The van der Waals surface area contributed by atoms with Gasteiger partial charge in [0.1, 0.15) is 0 Å². The van der Waals surface area contributed by atoms with Gasteiger partial charge in [-0.2, -0.15) is 0 Å². The Kier molecular flexibility index (Phi) is 4.22. The fourth-order valence-electron chi connectivity index (χ4n) is 2.57. The van der Waals surface area contributed by atoms with Gasteiger partial charge in [-0.3, -0.25) is 4.79 Å². The van der Waals surface area contributed by atoms with Gasteiger partial charge in [0.25, 0.3) is 0 Å². The standard InChI is InChI=1S/C17H16ClNOS/c1-12(21-16-9-5-3-7-14(16)18)17(20)19-11-10-13-6-2-4-8-15(13)19/h2-9,12H,10-11H2,1H3. The molecule has 4 heteroatoms. The molecule has 1 unspecified atom stereocenters.